The highest BCUT2D eigenvalue weighted by Crippen LogP contribution is 2.44. The minimum absolute atomic E-state index is 0.635. The largest absolute Gasteiger partial charge is 0.309 e. The van der Waals surface area contributed by atoms with Gasteiger partial charge in [0.05, 0.1) is 34.9 Å². The van der Waals surface area contributed by atoms with E-state index in [0.29, 0.717) is 11.3 Å². The Hall–Kier alpha value is -5.46. The minimum Gasteiger partial charge on any atom is -0.309 e. The monoisotopic (exact) mass is 581 g/mol. The van der Waals surface area contributed by atoms with Gasteiger partial charge in [0.2, 0.25) is 0 Å². The van der Waals surface area contributed by atoms with E-state index in [1.54, 1.807) is 11.3 Å². The third kappa shape index (κ3) is 3.50. The maximum absolute atomic E-state index is 9.88. The predicted molar refractivity (Wildman–Crippen MR) is 183 cm³/mol. The quantitative estimate of drug-likeness (QED) is 0.187. The fourth-order valence-corrected chi connectivity index (χ4v) is 8.70. The van der Waals surface area contributed by atoms with Crippen LogP contribution in [0.3, 0.4) is 0 Å². The summed E-state index contributed by atoms with van der Waals surface area (Å²) < 4.78 is 7.23. The first-order chi connectivity index (χ1) is 21.2. The van der Waals surface area contributed by atoms with Crippen LogP contribution >= 0.6 is 22.7 Å². The molecular weight excluding hydrogens is 563 g/mol. The maximum atomic E-state index is 9.88. The Morgan fingerprint density at radius 2 is 1.19 bits per heavy atom. The van der Waals surface area contributed by atoms with Crippen LogP contribution in [0.1, 0.15) is 5.56 Å². The summed E-state index contributed by atoms with van der Waals surface area (Å²) in [5, 5.41) is 17.1. The van der Waals surface area contributed by atoms with E-state index < -0.39 is 0 Å². The third-order valence-corrected chi connectivity index (χ3v) is 10.7. The molecule has 0 aliphatic rings. The molecule has 0 aliphatic carbocycles. The van der Waals surface area contributed by atoms with Gasteiger partial charge in [-0.25, -0.2) is 4.85 Å². The van der Waals surface area contributed by atoms with Crippen LogP contribution in [0.25, 0.3) is 83.8 Å². The fraction of sp³-hybridized carbons (Fsp3) is 0. The maximum Gasteiger partial charge on any atom is 0.187 e. The number of thiophene rings is 2. The van der Waals surface area contributed by atoms with Crippen molar-refractivity contribution in [1.82, 2.24) is 4.57 Å². The lowest BCUT2D eigenvalue weighted by Crippen LogP contribution is -1.98. The zero-order chi connectivity index (χ0) is 28.7. The lowest BCUT2D eigenvalue weighted by Gasteiger charge is -2.15. The van der Waals surface area contributed by atoms with Crippen molar-refractivity contribution in [3.63, 3.8) is 0 Å². The molecule has 0 aliphatic heterocycles. The van der Waals surface area contributed by atoms with Crippen molar-refractivity contribution in [2.45, 2.75) is 0 Å². The van der Waals surface area contributed by atoms with Gasteiger partial charge in [0.25, 0.3) is 0 Å². The summed E-state index contributed by atoms with van der Waals surface area (Å²) >= 11 is 3.59. The molecule has 198 valence electrons. The smallest absolute Gasteiger partial charge is 0.187 e. The highest BCUT2D eigenvalue weighted by molar-refractivity contribution is 7.27. The first-order valence-corrected chi connectivity index (χ1v) is 15.6. The van der Waals surface area contributed by atoms with E-state index in [4.69, 9.17) is 6.57 Å². The number of aromatic nitrogens is 1. The second-order valence-electron chi connectivity index (χ2n) is 10.8. The molecule has 0 amide bonds. The molecule has 0 saturated heterocycles. The van der Waals surface area contributed by atoms with Gasteiger partial charge in [-0.3, -0.25) is 0 Å². The van der Waals surface area contributed by atoms with Crippen molar-refractivity contribution in [2.75, 3.05) is 0 Å². The molecular formula is C38H19N3S2. The summed E-state index contributed by atoms with van der Waals surface area (Å²) in [4.78, 5) is 3.65. The molecule has 0 saturated carbocycles. The number of hydrogen-bond acceptors (Lipinski definition) is 3. The molecule has 3 aromatic heterocycles. The van der Waals surface area contributed by atoms with Gasteiger partial charge in [0, 0.05) is 51.3 Å². The molecule has 0 unspecified atom stereocenters. The van der Waals surface area contributed by atoms with Crippen LogP contribution in [-0.2, 0) is 0 Å². The number of nitriles is 1. The van der Waals surface area contributed by atoms with Gasteiger partial charge in [-0.05, 0) is 65.5 Å². The van der Waals surface area contributed by atoms with Gasteiger partial charge in [0.15, 0.2) is 5.69 Å². The molecule has 6 aromatic carbocycles. The van der Waals surface area contributed by atoms with Crippen molar-refractivity contribution >= 4 is 90.5 Å². The molecule has 0 atom stereocenters. The van der Waals surface area contributed by atoms with E-state index >= 15 is 0 Å². The second-order valence-corrected chi connectivity index (χ2v) is 12.9. The van der Waals surface area contributed by atoms with E-state index in [9.17, 15) is 5.26 Å². The fourth-order valence-electron chi connectivity index (χ4n) is 6.48. The van der Waals surface area contributed by atoms with E-state index in [1.165, 1.54) is 45.7 Å². The van der Waals surface area contributed by atoms with Gasteiger partial charge < -0.3 is 4.57 Å². The molecule has 0 spiro atoms. The summed E-state index contributed by atoms with van der Waals surface area (Å²) in [5.74, 6) is 0. The SMILES string of the molecule is [C-]#[N+]c1ccc2sc3cc4c(cc3c2c1)sc1ccc(-c2ccc(C#N)cc2-n2c3ccccc3c3ccccc32)cc14. The number of para-hydroxylation sites is 2. The molecule has 0 N–H and O–H groups in total. The molecule has 9 aromatic rings. The number of nitrogens with zero attached hydrogens (tertiary/aromatic N) is 3. The van der Waals surface area contributed by atoms with Crippen LogP contribution in [0.2, 0.25) is 0 Å². The van der Waals surface area contributed by atoms with Gasteiger partial charge in [-0.1, -0.05) is 60.7 Å². The van der Waals surface area contributed by atoms with E-state index in [0.717, 1.165) is 33.2 Å². The van der Waals surface area contributed by atoms with Crippen LogP contribution < -0.4 is 0 Å². The lowest BCUT2D eigenvalue weighted by atomic mass is 9.99. The Morgan fingerprint density at radius 1 is 0.581 bits per heavy atom. The van der Waals surface area contributed by atoms with E-state index in [2.05, 4.69) is 106 Å². The van der Waals surface area contributed by atoms with Crippen LogP contribution in [0.5, 0.6) is 0 Å². The van der Waals surface area contributed by atoms with Gasteiger partial charge in [-0.2, -0.15) is 5.26 Å². The zero-order valence-electron chi connectivity index (χ0n) is 22.6. The molecule has 3 heterocycles. The average Bonchev–Trinajstić information content (AvgIpc) is 3.71. The first kappa shape index (κ1) is 24.2. The Labute approximate surface area is 254 Å². The highest BCUT2D eigenvalue weighted by Gasteiger charge is 2.18. The molecule has 43 heavy (non-hydrogen) atoms. The predicted octanol–water partition coefficient (Wildman–Crippen LogP) is 11.6. The van der Waals surface area contributed by atoms with Gasteiger partial charge in [-0.15, -0.1) is 22.7 Å². The molecule has 3 nitrogen and oxygen atoms in total. The summed E-state index contributed by atoms with van der Waals surface area (Å²) in [5.41, 5.74) is 6.75. The normalized spacial score (nSPS) is 11.7. The number of fused-ring (bicyclic) bond motifs is 9. The zero-order valence-corrected chi connectivity index (χ0v) is 24.3. The van der Waals surface area contributed by atoms with Crippen LogP contribution in [0, 0.1) is 17.9 Å². The van der Waals surface area contributed by atoms with Crippen molar-refractivity contribution in [1.29, 1.82) is 5.26 Å². The summed E-state index contributed by atoms with van der Waals surface area (Å²) in [7, 11) is 0. The summed E-state index contributed by atoms with van der Waals surface area (Å²) in [6, 6.07) is 42.7. The minimum atomic E-state index is 0.635. The summed E-state index contributed by atoms with van der Waals surface area (Å²) in [6.45, 7) is 7.45. The topological polar surface area (TPSA) is 33.1 Å². The second kappa shape index (κ2) is 9.02. The number of rotatable bonds is 2. The average molecular weight is 582 g/mol. The number of hydrogen-bond donors (Lipinski definition) is 0. The van der Waals surface area contributed by atoms with Gasteiger partial charge >= 0.3 is 0 Å². The Balaban J connectivity index is 1.30. The van der Waals surface area contributed by atoms with Crippen LogP contribution in [0.4, 0.5) is 5.69 Å². The first-order valence-electron chi connectivity index (χ1n) is 13.9. The molecule has 0 fully saturated rings. The molecule has 0 radical (unpaired) electrons. The van der Waals surface area contributed by atoms with Crippen molar-refractivity contribution in [3.8, 4) is 22.9 Å². The van der Waals surface area contributed by atoms with E-state index in [-0.39, 0.29) is 0 Å². The lowest BCUT2D eigenvalue weighted by molar-refractivity contribution is 1.18. The number of benzene rings is 6. The standard InChI is InChI=1S/C38H19N3S2/c1-40-24-12-15-36-29(18-24)31-20-37-30(19-38(31)43-36)28-17-23(11-14-35(28)42-37)25-13-10-22(21-39)16-34(25)41-32-8-4-2-6-26(32)27-7-3-5-9-33(27)41/h2-20H. The Morgan fingerprint density at radius 3 is 1.84 bits per heavy atom. The summed E-state index contributed by atoms with van der Waals surface area (Å²) in [6.07, 6.45) is 0. The van der Waals surface area contributed by atoms with Crippen molar-refractivity contribution in [3.05, 3.63) is 132 Å². The third-order valence-electron chi connectivity index (χ3n) is 8.43. The Kier molecular flexibility index (Phi) is 5.07. The van der Waals surface area contributed by atoms with Crippen LogP contribution in [-0.4, -0.2) is 4.57 Å². The Bertz CT molecular complexity index is 2650. The van der Waals surface area contributed by atoms with Crippen molar-refractivity contribution in [2.24, 2.45) is 0 Å². The molecule has 0 bridgehead atoms. The van der Waals surface area contributed by atoms with Gasteiger partial charge in [0.1, 0.15) is 0 Å². The van der Waals surface area contributed by atoms with E-state index in [1.807, 2.05) is 35.6 Å². The molecule has 9 rings (SSSR count). The van der Waals surface area contributed by atoms with Crippen LogP contribution in [0.15, 0.2) is 115 Å². The van der Waals surface area contributed by atoms with Crippen molar-refractivity contribution < 1.29 is 0 Å². The highest BCUT2D eigenvalue weighted by atomic mass is 32.1. The molecule has 5 heteroatoms.